The highest BCUT2D eigenvalue weighted by Gasteiger charge is 2.21. The molecule has 0 aliphatic carbocycles. The van der Waals surface area contributed by atoms with Crippen LogP contribution in [0.25, 0.3) is 11.2 Å². The van der Waals surface area contributed by atoms with E-state index in [9.17, 15) is 0 Å². The van der Waals surface area contributed by atoms with Gasteiger partial charge in [0.2, 0.25) is 5.89 Å². The number of imidazole rings is 1. The van der Waals surface area contributed by atoms with Crippen molar-refractivity contribution in [2.45, 2.75) is 39.6 Å². The molecule has 1 unspecified atom stereocenters. The number of hydrogen-bond acceptors (Lipinski definition) is 4. The number of fused-ring (bicyclic) bond motifs is 1. The lowest BCUT2D eigenvalue weighted by atomic mass is 10.4. The smallest absolute Gasteiger partial charge is 0.214 e. The second kappa shape index (κ2) is 4.87. The summed E-state index contributed by atoms with van der Waals surface area (Å²) < 4.78 is 9.53. The Kier molecular flexibility index (Phi) is 3.28. The van der Waals surface area contributed by atoms with Gasteiger partial charge in [-0.2, -0.15) is 5.10 Å². The lowest BCUT2D eigenvalue weighted by Gasteiger charge is -2.08. The Balaban J connectivity index is 2.17. The van der Waals surface area contributed by atoms with Crippen molar-refractivity contribution < 1.29 is 4.42 Å². The Hall–Kier alpha value is -1.82. The highest BCUT2D eigenvalue weighted by molar-refractivity contribution is 6.20. The molecule has 3 rings (SSSR count). The van der Waals surface area contributed by atoms with E-state index in [4.69, 9.17) is 16.0 Å². The molecule has 6 nitrogen and oxygen atoms in total. The normalized spacial score (nSPS) is 13.2. The second-order valence-corrected chi connectivity index (χ2v) is 5.96. The van der Waals surface area contributed by atoms with Crippen LogP contribution in [0.15, 0.2) is 4.42 Å². The van der Waals surface area contributed by atoms with Gasteiger partial charge in [0.1, 0.15) is 23.6 Å². The van der Waals surface area contributed by atoms with Gasteiger partial charge in [-0.3, -0.25) is 4.68 Å². The maximum Gasteiger partial charge on any atom is 0.214 e. The van der Waals surface area contributed by atoms with Gasteiger partial charge >= 0.3 is 0 Å². The van der Waals surface area contributed by atoms with Crippen molar-refractivity contribution in [1.29, 1.82) is 0 Å². The fourth-order valence-corrected chi connectivity index (χ4v) is 2.72. The molecule has 3 heterocycles. The topological polar surface area (TPSA) is 61.7 Å². The van der Waals surface area contributed by atoms with E-state index in [-0.39, 0.29) is 5.38 Å². The molecule has 0 saturated carbocycles. The third-order valence-corrected chi connectivity index (χ3v) is 3.84. The molecule has 0 aromatic carbocycles. The molecular formula is C14H18ClN5O. The van der Waals surface area contributed by atoms with Gasteiger partial charge in [-0.1, -0.05) is 0 Å². The third kappa shape index (κ3) is 2.23. The van der Waals surface area contributed by atoms with Gasteiger partial charge in [-0.05, 0) is 27.7 Å². The third-order valence-electron chi connectivity index (χ3n) is 3.64. The van der Waals surface area contributed by atoms with Crippen molar-refractivity contribution in [3.05, 3.63) is 28.9 Å². The molecule has 0 N–H and O–H groups in total. The molecule has 3 aromatic heterocycles. The van der Waals surface area contributed by atoms with Crippen LogP contribution in [-0.2, 0) is 13.6 Å². The fraction of sp³-hybridized carbons (Fsp3) is 0.500. The van der Waals surface area contributed by atoms with Crippen molar-refractivity contribution in [3.8, 4) is 0 Å². The van der Waals surface area contributed by atoms with Gasteiger partial charge in [0.05, 0.1) is 16.8 Å². The second-order valence-electron chi connectivity index (χ2n) is 5.30. The minimum Gasteiger partial charge on any atom is -0.444 e. The number of halogens is 1. The SMILES string of the molecule is Cc1nc(Cn2c(C(C)Cl)nc3c(C)nn(C)c32)oc1C. The van der Waals surface area contributed by atoms with Crippen LogP contribution in [0.5, 0.6) is 0 Å². The van der Waals surface area contributed by atoms with Gasteiger partial charge in [0.15, 0.2) is 5.65 Å². The summed E-state index contributed by atoms with van der Waals surface area (Å²) in [6.45, 7) is 8.20. The van der Waals surface area contributed by atoms with E-state index in [1.54, 1.807) is 0 Å². The van der Waals surface area contributed by atoms with Crippen LogP contribution in [0.1, 0.15) is 41.2 Å². The number of hydrogen-bond donors (Lipinski definition) is 0. The van der Waals surface area contributed by atoms with Crippen LogP contribution in [0.2, 0.25) is 0 Å². The standard InChI is InChI=1S/C14H18ClN5O/c1-7(15)13-17-12-9(3)18-19(5)14(12)20(13)6-11-16-8(2)10(4)21-11/h7H,6H2,1-5H3. The zero-order chi connectivity index (χ0) is 15.3. The summed E-state index contributed by atoms with van der Waals surface area (Å²) in [6.07, 6.45) is 0. The van der Waals surface area contributed by atoms with Crippen molar-refractivity contribution in [3.63, 3.8) is 0 Å². The van der Waals surface area contributed by atoms with Crippen LogP contribution >= 0.6 is 11.6 Å². The summed E-state index contributed by atoms with van der Waals surface area (Å²) in [5, 5.41) is 4.21. The molecule has 21 heavy (non-hydrogen) atoms. The summed E-state index contributed by atoms with van der Waals surface area (Å²) >= 11 is 6.28. The molecule has 0 aliphatic heterocycles. The summed E-state index contributed by atoms with van der Waals surface area (Å²) in [6, 6.07) is 0. The van der Waals surface area contributed by atoms with E-state index < -0.39 is 0 Å². The van der Waals surface area contributed by atoms with E-state index in [0.29, 0.717) is 12.4 Å². The molecule has 1 atom stereocenters. The van der Waals surface area contributed by atoms with Crippen molar-refractivity contribution in [2.75, 3.05) is 0 Å². The zero-order valence-electron chi connectivity index (χ0n) is 12.8. The maximum absolute atomic E-state index is 6.28. The Bertz CT molecular complexity index is 792. The molecule has 3 aromatic rings. The molecule has 7 heteroatoms. The number of rotatable bonds is 3. The maximum atomic E-state index is 6.28. The van der Waals surface area contributed by atoms with E-state index >= 15 is 0 Å². The first-order valence-corrected chi connectivity index (χ1v) is 7.28. The molecule has 0 aliphatic rings. The number of alkyl halides is 1. The van der Waals surface area contributed by atoms with Gasteiger partial charge in [-0.15, -0.1) is 11.6 Å². The molecule has 0 fully saturated rings. The van der Waals surface area contributed by atoms with E-state index in [0.717, 1.165) is 34.1 Å². The minimum absolute atomic E-state index is 0.200. The molecule has 0 bridgehead atoms. The first-order chi connectivity index (χ1) is 9.88. The van der Waals surface area contributed by atoms with E-state index in [1.807, 2.05) is 44.0 Å². The largest absolute Gasteiger partial charge is 0.444 e. The summed E-state index contributed by atoms with van der Waals surface area (Å²) in [5.74, 6) is 2.29. The molecule has 112 valence electrons. The Morgan fingerprint density at radius 2 is 1.90 bits per heavy atom. The lowest BCUT2D eigenvalue weighted by Crippen LogP contribution is -2.09. The van der Waals surface area contributed by atoms with Gasteiger partial charge in [-0.25, -0.2) is 9.97 Å². The molecule has 0 saturated heterocycles. The molecule has 0 amide bonds. The fourth-order valence-electron chi connectivity index (χ4n) is 2.55. The molecular weight excluding hydrogens is 290 g/mol. The average Bonchev–Trinajstić information content (AvgIpc) is 2.99. The first-order valence-electron chi connectivity index (χ1n) is 6.85. The minimum atomic E-state index is -0.200. The van der Waals surface area contributed by atoms with Gasteiger partial charge < -0.3 is 8.98 Å². The van der Waals surface area contributed by atoms with Crippen molar-refractivity contribution >= 4 is 22.8 Å². The predicted molar refractivity (Wildman–Crippen MR) is 80.6 cm³/mol. The number of aryl methyl sites for hydroxylation is 4. The lowest BCUT2D eigenvalue weighted by molar-refractivity contribution is 0.454. The average molecular weight is 308 g/mol. The summed E-state index contributed by atoms with van der Waals surface area (Å²) in [7, 11) is 1.91. The van der Waals surface area contributed by atoms with E-state index in [1.165, 1.54) is 0 Å². The van der Waals surface area contributed by atoms with Crippen LogP contribution in [0.3, 0.4) is 0 Å². The van der Waals surface area contributed by atoms with Crippen LogP contribution < -0.4 is 0 Å². The summed E-state index contributed by atoms with van der Waals surface area (Å²) in [5.41, 5.74) is 3.61. The molecule has 0 radical (unpaired) electrons. The van der Waals surface area contributed by atoms with Crippen molar-refractivity contribution in [1.82, 2.24) is 24.3 Å². The quantitative estimate of drug-likeness (QED) is 0.698. The molecule has 0 spiro atoms. The summed E-state index contributed by atoms with van der Waals surface area (Å²) in [4.78, 5) is 9.08. The highest BCUT2D eigenvalue weighted by atomic mass is 35.5. The van der Waals surface area contributed by atoms with Crippen molar-refractivity contribution in [2.24, 2.45) is 7.05 Å². The Morgan fingerprint density at radius 1 is 1.19 bits per heavy atom. The van der Waals surface area contributed by atoms with Crippen LogP contribution in [0, 0.1) is 20.8 Å². The van der Waals surface area contributed by atoms with Gasteiger partial charge in [0.25, 0.3) is 0 Å². The van der Waals surface area contributed by atoms with E-state index in [2.05, 4.69) is 15.1 Å². The predicted octanol–water partition coefficient (Wildman–Crippen LogP) is 3.03. The van der Waals surface area contributed by atoms with Crippen LogP contribution in [0.4, 0.5) is 0 Å². The monoisotopic (exact) mass is 307 g/mol. The Morgan fingerprint density at radius 3 is 2.48 bits per heavy atom. The zero-order valence-corrected chi connectivity index (χ0v) is 13.6. The highest BCUT2D eigenvalue weighted by Crippen LogP contribution is 2.27. The number of oxazole rings is 1. The van der Waals surface area contributed by atoms with Crippen LogP contribution in [-0.4, -0.2) is 24.3 Å². The number of nitrogens with zero attached hydrogens (tertiary/aromatic N) is 5. The Labute approximate surface area is 127 Å². The number of aromatic nitrogens is 5. The van der Waals surface area contributed by atoms with Gasteiger partial charge in [0, 0.05) is 7.05 Å². The first kappa shape index (κ1) is 14.1.